The van der Waals surface area contributed by atoms with Gasteiger partial charge in [0.15, 0.2) is 0 Å². The van der Waals surface area contributed by atoms with Gasteiger partial charge in [0.1, 0.15) is 11.3 Å². The van der Waals surface area contributed by atoms with Crippen LogP contribution >= 0.6 is 0 Å². The van der Waals surface area contributed by atoms with Crippen molar-refractivity contribution in [3.05, 3.63) is 52.2 Å². The lowest BCUT2D eigenvalue weighted by Gasteiger charge is -2.08. The molecule has 0 amide bonds. The van der Waals surface area contributed by atoms with Crippen LogP contribution in [0.4, 0.5) is 4.39 Å². The van der Waals surface area contributed by atoms with Gasteiger partial charge in [0.05, 0.1) is 13.2 Å². The Hall–Kier alpha value is -2.63. The van der Waals surface area contributed by atoms with E-state index in [1.54, 1.807) is 32.0 Å². The Morgan fingerprint density at radius 1 is 1.19 bits per heavy atom. The van der Waals surface area contributed by atoms with Crippen molar-refractivity contribution >= 4 is 16.9 Å². The molecule has 140 valence electrons. The van der Waals surface area contributed by atoms with Crippen LogP contribution in [0.2, 0.25) is 0 Å². The Morgan fingerprint density at radius 3 is 2.58 bits per heavy atom. The van der Waals surface area contributed by atoms with E-state index < -0.39 is 11.4 Å². The topological polar surface area (TPSA) is 65.7 Å². The Kier molecular flexibility index (Phi) is 6.95. The van der Waals surface area contributed by atoms with Crippen molar-refractivity contribution in [2.24, 2.45) is 0 Å². The van der Waals surface area contributed by atoms with E-state index >= 15 is 0 Å². The third kappa shape index (κ3) is 5.18. The normalized spacial score (nSPS) is 10.7. The summed E-state index contributed by atoms with van der Waals surface area (Å²) in [5.74, 6) is -0.645. The fraction of sp³-hybridized carbons (Fsp3) is 0.400. The van der Waals surface area contributed by atoms with Gasteiger partial charge in [-0.25, -0.2) is 9.59 Å². The SMILES string of the molecule is C=C(C)C(=O)OCCCCCCOc1ccc2c(C)c(F)c(=O)oc2c1. The van der Waals surface area contributed by atoms with E-state index in [1.165, 1.54) is 0 Å². The highest BCUT2D eigenvalue weighted by atomic mass is 19.1. The molecular formula is C20H23FO5. The van der Waals surface area contributed by atoms with E-state index in [0.29, 0.717) is 35.5 Å². The molecule has 0 aliphatic heterocycles. The molecule has 0 spiro atoms. The smallest absolute Gasteiger partial charge is 0.372 e. The maximum absolute atomic E-state index is 13.6. The summed E-state index contributed by atoms with van der Waals surface area (Å²) in [6, 6.07) is 5.01. The van der Waals surface area contributed by atoms with E-state index in [2.05, 4.69) is 6.58 Å². The third-order valence-electron chi connectivity index (χ3n) is 3.96. The zero-order valence-electron chi connectivity index (χ0n) is 15.1. The molecule has 26 heavy (non-hydrogen) atoms. The molecule has 0 N–H and O–H groups in total. The number of halogens is 1. The van der Waals surface area contributed by atoms with E-state index in [9.17, 15) is 14.0 Å². The monoisotopic (exact) mass is 362 g/mol. The molecule has 1 aromatic heterocycles. The number of ether oxygens (including phenoxy) is 2. The summed E-state index contributed by atoms with van der Waals surface area (Å²) in [6.07, 6.45) is 3.51. The van der Waals surface area contributed by atoms with Crippen molar-refractivity contribution in [2.45, 2.75) is 39.5 Å². The highest BCUT2D eigenvalue weighted by Crippen LogP contribution is 2.23. The Morgan fingerprint density at radius 2 is 1.88 bits per heavy atom. The second kappa shape index (κ2) is 9.17. The summed E-state index contributed by atoms with van der Waals surface area (Å²) in [7, 11) is 0. The summed E-state index contributed by atoms with van der Waals surface area (Å²) >= 11 is 0. The molecule has 0 radical (unpaired) electrons. The van der Waals surface area contributed by atoms with E-state index in [-0.39, 0.29) is 11.5 Å². The largest absolute Gasteiger partial charge is 0.493 e. The molecular weight excluding hydrogens is 339 g/mol. The van der Waals surface area contributed by atoms with Crippen LogP contribution < -0.4 is 10.4 Å². The molecule has 0 fully saturated rings. The molecule has 5 nitrogen and oxygen atoms in total. The summed E-state index contributed by atoms with van der Waals surface area (Å²) in [5, 5.41) is 0.554. The molecule has 0 unspecified atom stereocenters. The number of unbranched alkanes of at least 4 members (excludes halogenated alkanes) is 3. The third-order valence-corrected chi connectivity index (χ3v) is 3.96. The van der Waals surface area contributed by atoms with Crippen molar-refractivity contribution in [2.75, 3.05) is 13.2 Å². The zero-order chi connectivity index (χ0) is 19.1. The number of hydrogen-bond acceptors (Lipinski definition) is 5. The van der Waals surface area contributed by atoms with Crippen LogP contribution in [-0.4, -0.2) is 19.2 Å². The fourth-order valence-electron chi connectivity index (χ4n) is 2.44. The maximum atomic E-state index is 13.6. The number of hydrogen-bond donors (Lipinski definition) is 0. The number of esters is 1. The fourth-order valence-corrected chi connectivity index (χ4v) is 2.44. The minimum atomic E-state index is -0.973. The number of carbonyl (C=O) groups is 1. The van der Waals surface area contributed by atoms with Gasteiger partial charge in [-0.15, -0.1) is 0 Å². The molecule has 6 heteroatoms. The minimum absolute atomic E-state index is 0.273. The molecule has 0 bridgehead atoms. The molecule has 1 aromatic carbocycles. The van der Waals surface area contributed by atoms with Crippen LogP contribution in [0.25, 0.3) is 11.0 Å². The van der Waals surface area contributed by atoms with Gasteiger partial charge in [0.2, 0.25) is 5.82 Å². The van der Waals surface area contributed by atoms with Crippen molar-refractivity contribution in [1.29, 1.82) is 0 Å². The number of fused-ring (bicyclic) bond motifs is 1. The van der Waals surface area contributed by atoms with Gasteiger partial charge in [-0.1, -0.05) is 6.58 Å². The lowest BCUT2D eigenvalue weighted by atomic mass is 10.1. The van der Waals surface area contributed by atoms with Gasteiger partial charge in [-0.05, 0) is 51.7 Å². The Balaban J connectivity index is 1.73. The minimum Gasteiger partial charge on any atom is -0.493 e. The van der Waals surface area contributed by atoms with Gasteiger partial charge in [0.25, 0.3) is 0 Å². The molecule has 2 rings (SSSR count). The molecule has 0 aliphatic carbocycles. The second-order valence-corrected chi connectivity index (χ2v) is 6.17. The van der Waals surface area contributed by atoms with Gasteiger partial charge < -0.3 is 13.9 Å². The lowest BCUT2D eigenvalue weighted by Crippen LogP contribution is -2.07. The highest BCUT2D eigenvalue weighted by Gasteiger charge is 2.11. The highest BCUT2D eigenvalue weighted by molar-refractivity contribution is 5.86. The molecule has 0 atom stereocenters. The van der Waals surface area contributed by atoms with E-state index in [0.717, 1.165) is 25.7 Å². The van der Waals surface area contributed by atoms with E-state index in [1.807, 2.05) is 0 Å². The number of benzene rings is 1. The van der Waals surface area contributed by atoms with Crippen LogP contribution in [0.1, 0.15) is 38.2 Å². The summed E-state index contributed by atoms with van der Waals surface area (Å²) < 4.78 is 29.2. The first-order chi connectivity index (χ1) is 12.4. The summed E-state index contributed by atoms with van der Waals surface area (Å²) in [5.41, 5.74) is 0.0166. The van der Waals surface area contributed by atoms with Crippen LogP contribution in [0.5, 0.6) is 5.75 Å². The van der Waals surface area contributed by atoms with Crippen LogP contribution in [0.15, 0.2) is 39.6 Å². The van der Waals surface area contributed by atoms with Crippen molar-refractivity contribution in [1.82, 2.24) is 0 Å². The Labute approximate surface area is 151 Å². The van der Waals surface area contributed by atoms with Gasteiger partial charge >= 0.3 is 11.6 Å². The number of aryl methyl sites for hydroxylation is 1. The van der Waals surface area contributed by atoms with Gasteiger partial charge in [-0.3, -0.25) is 0 Å². The van der Waals surface area contributed by atoms with Crippen LogP contribution in [-0.2, 0) is 9.53 Å². The average molecular weight is 362 g/mol. The number of carbonyl (C=O) groups excluding carboxylic acids is 1. The summed E-state index contributed by atoms with van der Waals surface area (Å²) in [4.78, 5) is 22.6. The maximum Gasteiger partial charge on any atom is 0.372 e. The predicted octanol–water partition coefficient (Wildman–Crippen LogP) is 4.30. The van der Waals surface area contributed by atoms with Gasteiger partial charge in [0, 0.05) is 22.6 Å². The van der Waals surface area contributed by atoms with Gasteiger partial charge in [-0.2, -0.15) is 4.39 Å². The molecule has 1 heterocycles. The van der Waals surface area contributed by atoms with Crippen molar-refractivity contribution in [3.8, 4) is 5.75 Å². The number of rotatable bonds is 9. The molecule has 2 aromatic rings. The zero-order valence-corrected chi connectivity index (χ0v) is 15.1. The first-order valence-corrected chi connectivity index (χ1v) is 8.58. The van der Waals surface area contributed by atoms with Crippen LogP contribution in [0, 0.1) is 12.7 Å². The van der Waals surface area contributed by atoms with Crippen molar-refractivity contribution < 1.29 is 23.1 Å². The first kappa shape index (κ1) is 19.7. The second-order valence-electron chi connectivity index (χ2n) is 6.17. The van der Waals surface area contributed by atoms with E-state index in [4.69, 9.17) is 13.9 Å². The first-order valence-electron chi connectivity index (χ1n) is 8.58. The lowest BCUT2D eigenvalue weighted by molar-refractivity contribution is -0.139. The standard InChI is InChI=1S/C20H23FO5/c1-13(2)19(22)25-11-7-5-4-6-10-24-15-8-9-16-14(3)18(21)20(23)26-17(16)12-15/h8-9,12H,1,4-7,10-11H2,2-3H3. The predicted molar refractivity (Wildman–Crippen MR) is 96.9 cm³/mol. The van der Waals surface area contributed by atoms with Crippen molar-refractivity contribution in [3.63, 3.8) is 0 Å². The molecule has 0 saturated heterocycles. The molecule has 0 saturated carbocycles. The quantitative estimate of drug-likeness (QED) is 0.288. The molecule has 0 aliphatic rings. The average Bonchev–Trinajstić information content (AvgIpc) is 2.61. The summed E-state index contributed by atoms with van der Waals surface area (Å²) in [6.45, 7) is 7.60. The Bertz CT molecular complexity index is 853. The van der Waals surface area contributed by atoms with Crippen LogP contribution in [0.3, 0.4) is 0 Å².